The average Bonchev–Trinajstić information content (AvgIpc) is 2.81. The van der Waals surface area contributed by atoms with E-state index in [0.717, 1.165) is 21.9 Å². The number of methoxy groups -OCH3 is 1. The SMILES string of the molecule is CCOc1ccc2ccccc2c1C1NC(=O)N(Cc2ccccc2)C(C)=C1C(=O)OC. The number of esters is 1. The van der Waals surface area contributed by atoms with E-state index in [2.05, 4.69) is 5.32 Å². The highest BCUT2D eigenvalue weighted by Gasteiger charge is 2.38. The summed E-state index contributed by atoms with van der Waals surface area (Å²) in [4.78, 5) is 27.8. The van der Waals surface area contributed by atoms with Gasteiger partial charge in [0.15, 0.2) is 0 Å². The number of carbonyl (C=O) groups is 2. The second-order valence-electron chi connectivity index (χ2n) is 7.58. The van der Waals surface area contributed by atoms with Gasteiger partial charge in [-0.2, -0.15) is 0 Å². The van der Waals surface area contributed by atoms with Crippen LogP contribution in [0.3, 0.4) is 0 Å². The molecule has 0 saturated heterocycles. The zero-order valence-corrected chi connectivity index (χ0v) is 18.4. The molecule has 1 unspecified atom stereocenters. The van der Waals surface area contributed by atoms with Crippen LogP contribution in [0.1, 0.15) is 31.0 Å². The lowest BCUT2D eigenvalue weighted by Crippen LogP contribution is -2.47. The van der Waals surface area contributed by atoms with Gasteiger partial charge in [-0.25, -0.2) is 9.59 Å². The van der Waals surface area contributed by atoms with Crippen molar-refractivity contribution < 1.29 is 19.1 Å². The van der Waals surface area contributed by atoms with E-state index in [9.17, 15) is 9.59 Å². The first-order valence-electron chi connectivity index (χ1n) is 10.6. The molecule has 2 amide bonds. The summed E-state index contributed by atoms with van der Waals surface area (Å²) in [7, 11) is 1.35. The second kappa shape index (κ2) is 9.14. The van der Waals surface area contributed by atoms with Crippen molar-refractivity contribution in [1.29, 1.82) is 0 Å². The molecule has 0 bridgehead atoms. The monoisotopic (exact) mass is 430 g/mol. The number of amides is 2. The fourth-order valence-corrected chi connectivity index (χ4v) is 4.18. The molecule has 0 radical (unpaired) electrons. The van der Waals surface area contributed by atoms with Crippen molar-refractivity contribution in [2.45, 2.75) is 26.4 Å². The van der Waals surface area contributed by atoms with E-state index >= 15 is 0 Å². The number of hydrogen-bond donors (Lipinski definition) is 1. The Hall–Kier alpha value is -3.80. The highest BCUT2D eigenvalue weighted by molar-refractivity contribution is 5.98. The molecule has 1 aliphatic rings. The maximum Gasteiger partial charge on any atom is 0.337 e. The number of nitrogens with one attached hydrogen (secondary N) is 1. The average molecular weight is 431 g/mol. The third kappa shape index (κ3) is 3.91. The largest absolute Gasteiger partial charge is 0.493 e. The van der Waals surface area contributed by atoms with E-state index in [1.165, 1.54) is 7.11 Å². The summed E-state index contributed by atoms with van der Waals surface area (Å²) in [6, 6.07) is 20.4. The first kappa shape index (κ1) is 21.4. The molecule has 32 heavy (non-hydrogen) atoms. The fraction of sp³-hybridized carbons (Fsp3) is 0.231. The summed E-state index contributed by atoms with van der Waals surface area (Å²) in [6.45, 7) is 4.50. The molecule has 0 aromatic heterocycles. The van der Waals surface area contributed by atoms with E-state index in [0.29, 0.717) is 30.2 Å². The molecular formula is C26H26N2O4. The second-order valence-corrected chi connectivity index (χ2v) is 7.58. The maximum absolute atomic E-state index is 13.2. The Labute approximate surface area is 187 Å². The lowest BCUT2D eigenvalue weighted by Gasteiger charge is -2.36. The molecule has 6 nitrogen and oxygen atoms in total. The number of allylic oxidation sites excluding steroid dienone is 1. The molecule has 3 aromatic carbocycles. The minimum Gasteiger partial charge on any atom is -0.493 e. The number of nitrogens with zero attached hydrogens (tertiary/aromatic N) is 1. The van der Waals surface area contributed by atoms with Crippen molar-refractivity contribution >= 4 is 22.8 Å². The predicted molar refractivity (Wildman–Crippen MR) is 123 cm³/mol. The van der Waals surface area contributed by atoms with E-state index in [1.807, 2.05) is 73.7 Å². The van der Waals surface area contributed by atoms with Gasteiger partial charge in [0, 0.05) is 11.3 Å². The van der Waals surface area contributed by atoms with Crippen molar-refractivity contribution in [3.8, 4) is 5.75 Å². The molecule has 0 fully saturated rings. The van der Waals surface area contributed by atoms with Crippen LogP contribution in [0.15, 0.2) is 78.0 Å². The van der Waals surface area contributed by atoms with Gasteiger partial charge in [-0.1, -0.05) is 60.7 Å². The molecule has 164 valence electrons. The summed E-state index contributed by atoms with van der Waals surface area (Å²) in [5.74, 6) is 0.142. The quantitative estimate of drug-likeness (QED) is 0.562. The summed E-state index contributed by atoms with van der Waals surface area (Å²) in [5.41, 5.74) is 2.66. The van der Waals surface area contributed by atoms with Gasteiger partial charge in [0.25, 0.3) is 0 Å². The smallest absolute Gasteiger partial charge is 0.337 e. The predicted octanol–water partition coefficient (Wildman–Crippen LogP) is 4.95. The molecule has 0 spiro atoms. The Morgan fingerprint density at radius 2 is 1.75 bits per heavy atom. The first-order chi connectivity index (χ1) is 15.5. The Morgan fingerprint density at radius 3 is 2.47 bits per heavy atom. The number of benzene rings is 3. The van der Waals surface area contributed by atoms with Crippen LogP contribution in [0.5, 0.6) is 5.75 Å². The van der Waals surface area contributed by atoms with E-state index in [4.69, 9.17) is 9.47 Å². The van der Waals surface area contributed by atoms with Gasteiger partial charge < -0.3 is 14.8 Å². The van der Waals surface area contributed by atoms with Crippen molar-refractivity contribution in [2.75, 3.05) is 13.7 Å². The summed E-state index contributed by atoms with van der Waals surface area (Å²) in [6.07, 6.45) is 0. The van der Waals surface area contributed by atoms with Crippen LogP contribution in [-0.2, 0) is 16.1 Å². The third-order valence-corrected chi connectivity index (χ3v) is 5.70. The number of rotatable bonds is 6. The van der Waals surface area contributed by atoms with E-state index < -0.39 is 12.0 Å². The van der Waals surface area contributed by atoms with Gasteiger partial charge in [0.1, 0.15) is 5.75 Å². The molecule has 1 atom stereocenters. The van der Waals surface area contributed by atoms with Crippen LogP contribution in [0, 0.1) is 0 Å². The van der Waals surface area contributed by atoms with Crippen LogP contribution in [-0.4, -0.2) is 30.6 Å². The number of hydrogen-bond acceptors (Lipinski definition) is 4. The standard InChI is InChI=1S/C26H26N2O4/c1-4-32-21-15-14-19-12-8-9-13-20(19)23(21)24-22(25(29)31-3)17(2)28(26(30)27-24)16-18-10-6-5-7-11-18/h5-15,24H,4,16H2,1-3H3,(H,27,30). The Bertz CT molecular complexity index is 1190. The number of ether oxygens (including phenoxy) is 2. The summed E-state index contributed by atoms with van der Waals surface area (Å²) in [5, 5.41) is 4.94. The molecular weight excluding hydrogens is 404 g/mol. The topological polar surface area (TPSA) is 67.9 Å². The van der Waals surface area contributed by atoms with Crippen molar-refractivity contribution in [3.05, 3.63) is 89.1 Å². The van der Waals surface area contributed by atoms with Crippen LogP contribution >= 0.6 is 0 Å². The highest BCUT2D eigenvalue weighted by atomic mass is 16.5. The molecule has 0 aliphatic carbocycles. The minimum absolute atomic E-state index is 0.278. The molecule has 4 rings (SSSR count). The normalized spacial score (nSPS) is 16.2. The summed E-state index contributed by atoms with van der Waals surface area (Å²) < 4.78 is 11.1. The molecule has 1 heterocycles. The van der Waals surface area contributed by atoms with Crippen LogP contribution < -0.4 is 10.1 Å². The fourth-order valence-electron chi connectivity index (χ4n) is 4.18. The Balaban J connectivity index is 1.89. The van der Waals surface area contributed by atoms with Gasteiger partial charge in [-0.05, 0) is 36.2 Å². The first-order valence-corrected chi connectivity index (χ1v) is 10.6. The van der Waals surface area contributed by atoms with Gasteiger partial charge in [0.05, 0.1) is 31.9 Å². The number of fused-ring (bicyclic) bond motifs is 1. The number of urea groups is 1. The molecule has 1 N–H and O–H groups in total. The van der Waals surface area contributed by atoms with Crippen LogP contribution in [0.4, 0.5) is 4.79 Å². The van der Waals surface area contributed by atoms with Gasteiger partial charge in [0.2, 0.25) is 0 Å². The van der Waals surface area contributed by atoms with Gasteiger partial charge in [-0.15, -0.1) is 0 Å². The summed E-state index contributed by atoms with van der Waals surface area (Å²) >= 11 is 0. The minimum atomic E-state index is -0.699. The maximum atomic E-state index is 13.2. The molecule has 0 saturated carbocycles. The zero-order chi connectivity index (χ0) is 22.7. The van der Waals surface area contributed by atoms with Crippen LogP contribution in [0.2, 0.25) is 0 Å². The van der Waals surface area contributed by atoms with Crippen molar-refractivity contribution in [1.82, 2.24) is 10.2 Å². The molecule has 3 aromatic rings. The Kier molecular flexibility index (Phi) is 6.12. The van der Waals surface area contributed by atoms with E-state index in [-0.39, 0.29) is 6.03 Å². The lowest BCUT2D eigenvalue weighted by molar-refractivity contribution is -0.136. The zero-order valence-electron chi connectivity index (χ0n) is 18.4. The molecule has 1 aliphatic heterocycles. The molecule has 6 heteroatoms. The van der Waals surface area contributed by atoms with Crippen molar-refractivity contribution in [2.24, 2.45) is 0 Å². The van der Waals surface area contributed by atoms with E-state index in [1.54, 1.807) is 11.8 Å². The van der Waals surface area contributed by atoms with Gasteiger partial charge in [-0.3, -0.25) is 4.90 Å². The van der Waals surface area contributed by atoms with Crippen LogP contribution in [0.25, 0.3) is 10.8 Å². The van der Waals surface area contributed by atoms with Gasteiger partial charge >= 0.3 is 12.0 Å². The lowest BCUT2D eigenvalue weighted by atomic mass is 9.90. The highest BCUT2D eigenvalue weighted by Crippen LogP contribution is 2.40. The Morgan fingerprint density at radius 1 is 1.03 bits per heavy atom. The number of carbonyl (C=O) groups excluding carboxylic acids is 2. The van der Waals surface area contributed by atoms with Crippen molar-refractivity contribution in [3.63, 3.8) is 0 Å². The third-order valence-electron chi connectivity index (χ3n) is 5.70.